The number of hydrogen-bond acceptors (Lipinski definition) is 2. The molecule has 3 rings (SSSR count). The third-order valence-corrected chi connectivity index (χ3v) is 7.61. The van der Waals surface area contributed by atoms with Crippen molar-refractivity contribution in [1.82, 2.24) is 0 Å². The summed E-state index contributed by atoms with van der Waals surface area (Å²) in [7, 11) is -6.06. The van der Waals surface area contributed by atoms with Crippen LogP contribution in [-0.4, -0.2) is 13.0 Å². The monoisotopic (exact) mass is 478 g/mol. The number of benzene rings is 3. The van der Waals surface area contributed by atoms with Crippen LogP contribution in [0.15, 0.2) is 77.7 Å². The van der Waals surface area contributed by atoms with Gasteiger partial charge in [-0.2, -0.15) is 34.8 Å². The summed E-state index contributed by atoms with van der Waals surface area (Å²) in [6, 6.07) is 13.4. The number of halogens is 6. The molecule has 0 saturated carbocycles. The molecule has 0 aromatic heterocycles. The first-order valence-electron chi connectivity index (χ1n) is 8.49. The molecule has 0 aliphatic carbocycles. The maximum Gasteiger partial charge on any atom is 0.416 e. The van der Waals surface area contributed by atoms with Gasteiger partial charge in [0.05, 0.1) is 16.0 Å². The standard InChI is InChI=1S/C20H13F6O3PS/c21-19(22,23)13-1-5-15(6-2-13)30(16-7-3-14(4-8-16)20(24,25)26)17-9-11-18(12-10-17)31(27,28)29/h1-12H,(H,27,28,29). The third-order valence-electron chi connectivity index (χ3n) is 4.30. The molecule has 0 aliphatic heterocycles. The molecule has 0 radical (unpaired) electrons. The van der Waals surface area contributed by atoms with Crippen molar-refractivity contribution in [1.29, 1.82) is 0 Å². The summed E-state index contributed by atoms with van der Waals surface area (Å²) < 4.78 is 109. The van der Waals surface area contributed by atoms with Crippen molar-refractivity contribution in [3.05, 3.63) is 83.9 Å². The molecule has 0 amide bonds. The molecule has 0 unspecified atom stereocenters. The molecule has 0 fully saturated rings. The Bertz CT molecular complexity index is 1100. The second kappa shape index (κ2) is 8.26. The van der Waals surface area contributed by atoms with E-state index in [1.54, 1.807) is 0 Å². The van der Waals surface area contributed by atoms with Gasteiger partial charge in [0.2, 0.25) is 0 Å². The molecule has 3 aromatic carbocycles. The first-order chi connectivity index (χ1) is 14.3. The lowest BCUT2D eigenvalue weighted by molar-refractivity contribution is -0.138. The molecular formula is C20H13F6O3PS. The second-order valence-electron chi connectivity index (χ2n) is 6.39. The van der Waals surface area contributed by atoms with Crippen LogP contribution in [0.3, 0.4) is 0 Å². The largest absolute Gasteiger partial charge is 0.416 e. The van der Waals surface area contributed by atoms with Crippen molar-refractivity contribution in [3.63, 3.8) is 0 Å². The first-order valence-corrected chi connectivity index (χ1v) is 11.3. The first kappa shape index (κ1) is 23.2. The van der Waals surface area contributed by atoms with E-state index in [2.05, 4.69) is 0 Å². The predicted octanol–water partition coefficient (Wildman–Crippen LogP) is 4.73. The molecule has 1 N–H and O–H groups in total. The minimum absolute atomic E-state index is 0.383. The highest BCUT2D eigenvalue weighted by Gasteiger charge is 2.32. The molecule has 0 spiro atoms. The topological polar surface area (TPSA) is 54.4 Å². The predicted molar refractivity (Wildman–Crippen MR) is 105 cm³/mol. The normalized spacial score (nSPS) is 12.9. The Kier molecular flexibility index (Phi) is 6.19. The lowest BCUT2D eigenvalue weighted by Gasteiger charge is -2.21. The summed E-state index contributed by atoms with van der Waals surface area (Å²) in [4.78, 5) is -0.383. The molecule has 164 valence electrons. The van der Waals surface area contributed by atoms with Crippen LogP contribution in [0.5, 0.6) is 0 Å². The van der Waals surface area contributed by atoms with E-state index in [1.807, 2.05) is 0 Å². The molecule has 0 atom stereocenters. The highest BCUT2D eigenvalue weighted by Crippen LogP contribution is 2.36. The van der Waals surface area contributed by atoms with Gasteiger partial charge in [0, 0.05) is 0 Å². The molecule has 3 nitrogen and oxygen atoms in total. The van der Waals surface area contributed by atoms with Crippen molar-refractivity contribution in [2.24, 2.45) is 0 Å². The zero-order chi connectivity index (χ0) is 23.0. The number of hydrogen-bond donors (Lipinski definition) is 1. The van der Waals surface area contributed by atoms with E-state index in [-0.39, 0.29) is 4.90 Å². The van der Waals surface area contributed by atoms with Gasteiger partial charge in [0.1, 0.15) is 0 Å². The second-order valence-corrected chi connectivity index (χ2v) is 10.0. The summed E-state index contributed by atoms with van der Waals surface area (Å²) in [5.74, 6) is 0. The van der Waals surface area contributed by atoms with Gasteiger partial charge in [-0.15, -0.1) is 0 Å². The molecule has 3 aromatic rings. The van der Waals surface area contributed by atoms with E-state index in [1.165, 1.54) is 36.4 Å². The maximum absolute atomic E-state index is 12.9. The summed E-state index contributed by atoms with van der Waals surface area (Å²) in [6.07, 6.45) is -9.10. The van der Waals surface area contributed by atoms with Crippen LogP contribution in [0, 0.1) is 0 Å². The van der Waals surface area contributed by atoms with Crippen LogP contribution in [0.2, 0.25) is 0 Å². The Balaban J connectivity index is 2.10. The quantitative estimate of drug-likeness (QED) is 0.335. The van der Waals surface area contributed by atoms with E-state index in [0.717, 1.165) is 36.4 Å². The van der Waals surface area contributed by atoms with Crippen LogP contribution >= 0.6 is 7.92 Å². The van der Waals surface area contributed by atoms with Gasteiger partial charge >= 0.3 is 12.4 Å². The van der Waals surface area contributed by atoms with E-state index >= 15 is 0 Å². The van der Waals surface area contributed by atoms with Crippen molar-refractivity contribution >= 4 is 34.0 Å². The fraction of sp³-hybridized carbons (Fsp3) is 0.100. The van der Waals surface area contributed by atoms with Crippen LogP contribution in [0.25, 0.3) is 0 Å². The summed E-state index contributed by atoms with van der Waals surface area (Å²) >= 11 is 0. The third kappa shape index (κ3) is 5.44. The van der Waals surface area contributed by atoms with Crippen LogP contribution < -0.4 is 15.9 Å². The molecule has 11 heteroatoms. The molecule has 31 heavy (non-hydrogen) atoms. The fourth-order valence-corrected chi connectivity index (χ4v) is 5.53. The minimum atomic E-state index is -4.55. The van der Waals surface area contributed by atoms with Gasteiger partial charge in [-0.3, -0.25) is 4.55 Å². The van der Waals surface area contributed by atoms with Crippen molar-refractivity contribution in [2.45, 2.75) is 17.2 Å². The Morgan fingerprint density at radius 3 is 1.13 bits per heavy atom. The average Bonchev–Trinajstić information content (AvgIpc) is 2.67. The van der Waals surface area contributed by atoms with E-state index in [9.17, 15) is 34.8 Å². The van der Waals surface area contributed by atoms with Gasteiger partial charge < -0.3 is 0 Å². The summed E-state index contributed by atoms with van der Waals surface area (Å²) in [6.45, 7) is 0. The highest BCUT2D eigenvalue weighted by atomic mass is 32.2. The van der Waals surface area contributed by atoms with Crippen molar-refractivity contribution in [2.75, 3.05) is 0 Å². The van der Waals surface area contributed by atoms with Gasteiger partial charge in [0.25, 0.3) is 10.1 Å². The lowest BCUT2D eigenvalue weighted by atomic mass is 10.2. The Morgan fingerprint density at radius 2 is 0.871 bits per heavy atom. The SMILES string of the molecule is O=S(=O)(O)c1ccc(P(c2ccc(C(F)(F)F)cc2)c2ccc(C(F)(F)F)cc2)cc1. The van der Waals surface area contributed by atoms with Crippen LogP contribution in [-0.2, 0) is 22.5 Å². The van der Waals surface area contributed by atoms with E-state index in [4.69, 9.17) is 4.55 Å². The van der Waals surface area contributed by atoms with E-state index in [0.29, 0.717) is 15.9 Å². The average molecular weight is 478 g/mol. The lowest BCUT2D eigenvalue weighted by Crippen LogP contribution is -2.22. The van der Waals surface area contributed by atoms with Gasteiger partial charge in [0.15, 0.2) is 0 Å². The molecular weight excluding hydrogens is 465 g/mol. The van der Waals surface area contributed by atoms with Crippen LogP contribution in [0.1, 0.15) is 11.1 Å². The zero-order valence-electron chi connectivity index (χ0n) is 15.3. The van der Waals surface area contributed by atoms with Crippen molar-refractivity contribution in [3.8, 4) is 0 Å². The smallest absolute Gasteiger partial charge is 0.282 e. The molecule has 0 heterocycles. The summed E-state index contributed by atoms with van der Waals surface area (Å²) in [5.41, 5.74) is -1.75. The van der Waals surface area contributed by atoms with E-state index < -0.39 is 41.5 Å². The molecule has 0 bridgehead atoms. The summed E-state index contributed by atoms with van der Waals surface area (Å²) in [5, 5.41) is 1.31. The number of rotatable bonds is 4. The van der Waals surface area contributed by atoms with Gasteiger partial charge in [-0.25, -0.2) is 0 Å². The van der Waals surface area contributed by atoms with Gasteiger partial charge in [-0.1, -0.05) is 36.4 Å². The fourth-order valence-electron chi connectivity index (χ4n) is 2.81. The Labute approximate surface area is 174 Å². The minimum Gasteiger partial charge on any atom is -0.282 e. The number of alkyl halides is 6. The highest BCUT2D eigenvalue weighted by molar-refractivity contribution is 7.85. The van der Waals surface area contributed by atoms with Crippen LogP contribution in [0.4, 0.5) is 26.3 Å². The van der Waals surface area contributed by atoms with Crippen molar-refractivity contribution < 1.29 is 39.3 Å². The molecule has 0 saturated heterocycles. The zero-order valence-corrected chi connectivity index (χ0v) is 17.0. The maximum atomic E-state index is 12.9. The molecule has 0 aliphatic rings. The van der Waals surface area contributed by atoms with Gasteiger partial charge in [-0.05, 0) is 60.2 Å². The Hall–Kier alpha value is -2.42. The Morgan fingerprint density at radius 1 is 0.581 bits per heavy atom.